The van der Waals surface area contributed by atoms with Crippen LogP contribution in [0.3, 0.4) is 0 Å². The molecule has 2 rings (SSSR count). The summed E-state index contributed by atoms with van der Waals surface area (Å²) < 4.78 is 31.8. The highest BCUT2D eigenvalue weighted by Gasteiger charge is 2.16. The Morgan fingerprint density at radius 1 is 1.17 bits per heavy atom. The molecule has 0 radical (unpaired) electrons. The molecule has 1 amide bonds. The van der Waals surface area contributed by atoms with Gasteiger partial charge in [0, 0.05) is 12.6 Å². The number of carbonyl (C=O) groups is 1. The number of nitrogens with one attached hydrogen (secondary N) is 2. The van der Waals surface area contributed by atoms with Crippen molar-refractivity contribution in [3.63, 3.8) is 0 Å². The third kappa shape index (κ3) is 5.36. The van der Waals surface area contributed by atoms with Crippen molar-refractivity contribution in [3.05, 3.63) is 58.5 Å². The van der Waals surface area contributed by atoms with Gasteiger partial charge in [0.25, 0.3) is 5.91 Å². The molecule has 6 nitrogen and oxygen atoms in total. The fourth-order valence-corrected chi connectivity index (χ4v) is 3.81. The van der Waals surface area contributed by atoms with Crippen LogP contribution in [0.1, 0.15) is 35.5 Å². The minimum absolute atomic E-state index is 0.103. The molecule has 0 atom stereocenters. The second-order valence-electron chi connectivity index (χ2n) is 5.59. The predicted octanol–water partition coefficient (Wildman–Crippen LogP) is 2.69. The molecule has 8 heteroatoms. The number of halogens is 1. The molecule has 0 unspecified atom stereocenters. The van der Waals surface area contributed by atoms with E-state index in [0.717, 1.165) is 5.56 Å². The first-order chi connectivity index (χ1) is 11.3. The Labute approximate surface area is 146 Å². The molecule has 24 heavy (non-hydrogen) atoms. The number of furan rings is 1. The van der Waals surface area contributed by atoms with E-state index >= 15 is 0 Å². The minimum atomic E-state index is -3.44. The number of carbonyl (C=O) groups excluding carboxylic acids is 1. The Kier molecular flexibility index (Phi) is 6.04. The smallest absolute Gasteiger partial charge is 0.287 e. The molecule has 0 bridgehead atoms. The first-order valence-electron chi connectivity index (χ1n) is 7.37. The molecule has 1 heterocycles. The first kappa shape index (κ1) is 18.5. The highest BCUT2D eigenvalue weighted by molar-refractivity contribution is 7.88. The Morgan fingerprint density at radius 2 is 1.83 bits per heavy atom. The van der Waals surface area contributed by atoms with Crippen LogP contribution in [-0.2, 0) is 22.3 Å². The van der Waals surface area contributed by atoms with E-state index < -0.39 is 15.9 Å². The molecular weight excluding hydrogens is 352 g/mol. The van der Waals surface area contributed by atoms with E-state index in [4.69, 9.17) is 16.0 Å². The minimum Gasteiger partial charge on any atom is -0.440 e. The van der Waals surface area contributed by atoms with E-state index in [-0.39, 0.29) is 29.3 Å². The summed E-state index contributed by atoms with van der Waals surface area (Å²) in [7, 11) is -3.44. The third-order valence-corrected chi connectivity index (χ3v) is 4.84. The van der Waals surface area contributed by atoms with Crippen molar-refractivity contribution in [3.8, 4) is 0 Å². The van der Waals surface area contributed by atoms with Crippen molar-refractivity contribution in [1.82, 2.24) is 10.0 Å². The number of sulfonamides is 1. The second-order valence-corrected chi connectivity index (χ2v) is 7.71. The molecule has 1 aromatic heterocycles. The van der Waals surface area contributed by atoms with Gasteiger partial charge in [-0.15, -0.1) is 0 Å². The average Bonchev–Trinajstić information content (AvgIpc) is 2.91. The third-order valence-electron chi connectivity index (χ3n) is 3.12. The lowest BCUT2D eigenvalue weighted by atomic mass is 10.1. The normalized spacial score (nSPS) is 11.7. The maximum atomic E-state index is 12.1. The SMILES string of the molecule is CC(C)NS(=O)(=O)Cc1ccccc1CNC(=O)c1ccc(Cl)o1. The maximum Gasteiger partial charge on any atom is 0.287 e. The summed E-state index contributed by atoms with van der Waals surface area (Å²) in [5.74, 6) is -0.462. The van der Waals surface area contributed by atoms with Gasteiger partial charge in [0.15, 0.2) is 11.0 Å². The van der Waals surface area contributed by atoms with Gasteiger partial charge in [0.05, 0.1) is 5.75 Å². The van der Waals surface area contributed by atoms with Crippen LogP contribution in [-0.4, -0.2) is 20.4 Å². The second kappa shape index (κ2) is 7.83. The van der Waals surface area contributed by atoms with Crippen LogP contribution in [0, 0.1) is 0 Å². The van der Waals surface area contributed by atoms with Crippen LogP contribution in [0.2, 0.25) is 5.22 Å². The van der Waals surface area contributed by atoms with Crippen molar-refractivity contribution in [1.29, 1.82) is 0 Å². The number of amides is 1. The monoisotopic (exact) mass is 370 g/mol. The van der Waals surface area contributed by atoms with Crippen molar-refractivity contribution in [2.24, 2.45) is 0 Å². The molecule has 130 valence electrons. The summed E-state index contributed by atoms with van der Waals surface area (Å²) in [6.07, 6.45) is 0. The lowest BCUT2D eigenvalue weighted by Crippen LogP contribution is -2.31. The summed E-state index contributed by atoms with van der Waals surface area (Å²) in [5, 5.41) is 2.82. The van der Waals surface area contributed by atoms with Gasteiger partial charge in [-0.2, -0.15) is 0 Å². The molecular formula is C16H19ClN2O4S. The van der Waals surface area contributed by atoms with Gasteiger partial charge in [-0.05, 0) is 48.7 Å². The topological polar surface area (TPSA) is 88.4 Å². The van der Waals surface area contributed by atoms with E-state index in [1.165, 1.54) is 12.1 Å². The zero-order valence-corrected chi connectivity index (χ0v) is 14.9. The molecule has 0 spiro atoms. The molecule has 2 N–H and O–H groups in total. The lowest BCUT2D eigenvalue weighted by molar-refractivity contribution is 0.0923. The number of rotatable bonds is 7. The van der Waals surface area contributed by atoms with Crippen LogP contribution in [0.15, 0.2) is 40.8 Å². The van der Waals surface area contributed by atoms with Crippen LogP contribution in [0.4, 0.5) is 0 Å². The fourth-order valence-electron chi connectivity index (χ4n) is 2.18. The standard InChI is InChI=1S/C16H19ClN2O4S/c1-11(2)19-24(21,22)10-13-6-4-3-5-12(13)9-18-16(20)14-7-8-15(17)23-14/h3-8,11,19H,9-10H2,1-2H3,(H,18,20). The van der Waals surface area contributed by atoms with Crippen LogP contribution in [0.25, 0.3) is 0 Å². The zero-order valence-electron chi connectivity index (χ0n) is 13.4. The first-order valence-corrected chi connectivity index (χ1v) is 9.40. The Hall–Kier alpha value is -1.83. The molecule has 0 aliphatic heterocycles. The van der Waals surface area contributed by atoms with E-state index in [2.05, 4.69) is 10.0 Å². The van der Waals surface area contributed by atoms with Crippen LogP contribution >= 0.6 is 11.6 Å². The molecule has 0 saturated carbocycles. The largest absolute Gasteiger partial charge is 0.440 e. The van der Waals surface area contributed by atoms with Gasteiger partial charge in [0.2, 0.25) is 10.0 Å². The van der Waals surface area contributed by atoms with E-state index in [1.54, 1.807) is 38.1 Å². The summed E-state index contributed by atoms with van der Waals surface area (Å²) in [5.41, 5.74) is 1.35. The van der Waals surface area contributed by atoms with Gasteiger partial charge < -0.3 is 9.73 Å². The molecule has 1 aromatic carbocycles. The van der Waals surface area contributed by atoms with Crippen LogP contribution in [0.5, 0.6) is 0 Å². The lowest BCUT2D eigenvalue weighted by Gasteiger charge is -2.13. The van der Waals surface area contributed by atoms with E-state index in [1.807, 2.05) is 0 Å². The Balaban J connectivity index is 2.07. The number of hydrogen-bond acceptors (Lipinski definition) is 4. The summed E-state index contributed by atoms with van der Waals surface area (Å²) in [6, 6.07) is 9.83. The number of hydrogen-bond donors (Lipinski definition) is 2. The Morgan fingerprint density at radius 3 is 2.42 bits per heavy atom. The Bertz CT molecular complexity index is 815. The number of benzene rings is 1. The summed E-state index contributed by atoms with van der Waals surface area (Å²) in [4.78, 5) is 12.0. The van der Waals surface area contributed by atoms with E-state index in [9.17, 15) is 13.2 Å². The van der Waals surface area contributed by atoms with Crippen LogP contribution < -0.4 is 10.0 Å². The van der Waals surface area contributed by atoms with Gasteiger partial charge >= 0.3 is 0 Å². The summed E-state index contributed by atoms with van der Waals surface area (Å²) >= 11 is 5.64. The highest BCUT2D eigenvalue weighted by atomic mass is 35.5. The van der Waals surface area contributed by atoms with Gasteiger partial charge in [-0.3, -0.25) is 4.79 Å². The van der Waals surface area contributed by atoms with Crippen molar-refractivity contribution in [2.75, 3.05) is 0 Å². The molecule has 0 aliphatic carbocycles. The average molecular weight is 371 g/mol. The van der Waals surface area contributed by atoms with Crippen molar-refractivity contribution >= 4 is 27.5 Å². The quantitative estimate of drug-likeness (QED) is 0.784. The van der Waals surface area contributed by atoms with Gasteiger partial charge in [0.1, 0.15) is 0 Å². The predicted molar refractivity (Wildman–Crippen MR) is 92.2 cm³/mol. The molecule has 0 aliphatic rings. The molecule has 0 saturated heterocycles. The van der Waals surface area contributed by atoms with Crippen molar-refractivity contribution < 1.29 is 17.6 Å². The molecule has 0 fully saturated rings. The maximum absolute atomic E-state index is 12.1. The van der Waals surface area contributed by atoms with Gasteiger partial charge in [-0.1, -0.05) is 24.3 Å². The fraction of sp³-hybridized carbons (Fsp3) is 0.312. The zero-order chi connectivity index (χ0) is 17.7. The van der Waals surface area contributed by atoms with Gasteiger partial charge in [-0.25, -0.2) is 13.1 Å². The molecule has 2 aromatic rings. The highest BCUT2D eigenvalue weighted by Crippen LogP contribution is 2.15. The summed E-state index contributed by atoms with van der Waals surface area (Å²) in [6.45, 7) is 3.71. The van der Waals surface area contributed by atoms with E-state index in [0.29, 0.717) is 5.56 Å². The van der Waals surface area contributed by atoms with Crippen molar-refractivity contribution in [2.45, 2.75) is 32.2 Å².